The largest absolute Gasteiger partial charge is 0.469 e. The van der Waals surface area contributed by atoms with Gasteiger partial charge in [0.2, 0.25) is 0 Å². The van der Waals surface area contributed by atoms with Crippen LogP contribution in [0.5, 0.6) is 0 Å². The molecular formula is C20H26N2O2. The van der Waals surface area contributed by atoms with Crippen LogP contribution in [-0.2, 0) is 11.2 Å². The van der Waals surface area contributed by atoms with Gasteiger partial charge in [-0.05, 0) is 37.1 Å². The van der Waals surface area contributed by atoms with Crippen LogP contribution in [0.3, 0.4) is 0 Å². The summed E-state index contributed by atoms with van der Waals surface area (Å²) < 4.78 is 5.41. The van der Waals surface area contributed by atoms with Crippen molar-refractivity contribution in [2.75, 3.05) is 25.0 Å². The molecule has 0 spiro atoms. The first-order valence-corrected chi connectivity index (χ1v) is 8.83. The van der Waals surface area contributed by atoms with Gasteiger partial charge in [0.05, 0.1) is 11.8 Å². The average Bonchev–Trinajstić information content (AvgIpc) is 3.15. The van der Waals surface area contributed by atoms with Gasteiger partial charge in [-0.3, -0.25) is 4.79 Å². The van der Waals surface area contributed by atoms with Crippen molar-refractivity contribution in [2.24, 2.45) is 0 Å². The molecule has 0 amide bonds. The Morgan fingerprint density at radius 1 is 1.17 bits per heavy atom. The summed E-state index contributed by atoms with van der Waals surface area (Å²) in [6.45, 7) is 4.81. The van der Waals surface area contributed by atoms with Gasteiger partial charge in [-0.15, -0.1) is 0 Å². The second-order valence-electron chi connectivity index (χ2n) is 6.52. The maximum Gasteiger partial charge on any atom is 0.157 e. The van der Waals surface area contributed by atoms with Gasteiger partial charge in [-0.25, -0.2) is 0 Å². The molecule has 0 bridgehead atoms. The van der Waals surface area contributed by atoms with Gasteiger partial charge in [-0.2, -0.15) is 0 Å². The fraction of sp³-hybridized carbons (Fsp3) is 0.450. The molecule has 2 heterocycles. The summed E-state index contributed by atoms with van der Waals surface area (Å²) in [7, 11) is 0. The summed E-state index contributed by atoms with van der Waals surface area (Å²) in [4.78, 5) is 15.1. The zero-order valence-electron chi connectivity index (χ0n) is 14.3. The Balaban J connectivity index is 1.61. The molecule has 1 aliphatic heterocycles. The highest BCUT2D eigenvalue weighted by atomic mass is 16.3. The predicted molar refractivity (Wildman–Crippen MR) is 96.2 cm³/mol. The quantitative estimate of drug-likeness (QED) is 0.842. The summed E-state index contributed by atoms with van der Waals surface area (Å²) in [5.41, 5.74) is 0.612. The van der Waals surface area contributed by atoms with Gasteiger partial charge in [0.15, 0.2) is 5.78 Å². The number of furan rings is 1. The van der Waals surface area contributed by atoms with Gasteiger partial charge < -0.3 is 14.6 Å². The summed E-state index contributed by atoms with van der Waals surface area (Å²) >= 11 is 0. The van der Waals surface area contributed by atoms with Gasteiger partial charge in [-0.1, -0.05) is 25.1 Å². The molecule has 1 aliphatic rings. The topological polar surface area (TPSA) is 45.5 Å². The van der Waals surface area contributed by atoms with E-state index in [0.717, 1.165) is 50.3 Å². The third-order valence-electron chi connectivity index (χ3n) is 4.98. The molecule has 2 aromatic rings. The van der Waals surface area contributed by atoms with E-state index in [9.17, 15) is 4.79 Å². The SMILES string of the molecule is CCC(=O)C1(Nc2ccccc2)CCN(CCc2ccco2)CC1. The van der Waals surface area contributed by atoms with Crippen LogP contribution in [0, 0.1) is 0 Å². The molecule has 1 aromatic carbocycles. The minimum absolute atomic E-state index is 0.317. The Bertz CT molecular complexity index is 629. The number of nitrogens with zero attached hydrogens (tertiary/aromatic N) is 1. The number of anilines is 1. The highest BCUT2D eigenvalue weighted by Gasteiger charge is 2.39. The average molecular weight is 326 g/mol. The highest BCUT2D eigenvalue weighted by molar-refractivity contribution is 5.91. The molecule has 24 heavy (non-hydrogen) atoms. The molecule has 1 fully saturated rings. The second kappa shape index (κ2) is 7.67. The lowest BCUT2D eigenvalue weighted by atomic mass is 9.82. The third-order valence-corrected chi connectivity index (χ3v) is 4.98. The van der Waals surface area contributed by atoms with Crippen LogP contribution in [0.2, 0.25) is 0 Å². The molecule has 1 N–H and O–H groups in total. The third kappa shape index (κ3) is 3.88. The van der Waals surface area contributed by atoms with Crippen molar-refractivity contribution < 1.29 is 9.21 Å². The van der Waals surface area contributed by atoms with Crippen molar-refractivity contribution in [3.05, 3.63) is 54.5 Å². The number of ketones is 1. The predicted octanol–water partition coefficient (Wildman–Crippen LogP) is 3.75. The fourth-order valence-electron chi connectivity index (χ4n) is 3.49. The Morgan fingerprint density at radius 2 is 1.92 bits per heavy atom. The van der Waals surface area contributed by atoms with Crippen LogP contribution >= 0.6 is 0 Å². The first kappa shape index (κ1) is 16.8. The molecule has 0 saturated carbocycles. The molecule has 4 nitrogen and oxygen atoms in total. The molecule has 0 atom stereocenters. The van der Waals surface area contributed by atoms with Gasteiger partial charge in [0, 0.05) is 38.2 Å². The van der Waals surface area contributed by atoms with Crippen molar-refractivity contribution in [3.8, 4) is 0 Å². The molecule has 1 aromatic heterocycles. The molecule has 128 valence electrons. The number of carbonyl (C=O) groups is 1. The van der Waals surface area contributed by atoms with E-state index in [1.165, 1.54) is 0 Å². The van der Waals surface area contributed by atoms with Crippen molar-refractivity contribution in [1.29, 1.82) is 0 Å². The number of carbonyl (C=O) groups excluding carboxylic acids is 1. The number of piperidine rings is 1. The number of likely N-dealkylation sites (tertiary alicyclic amines) is 1. The number of hydrogen-bond acceptors (Lipinski definition) is 4. The Labute approximate surface area is 143 Å². The zero-order chi connectivity index (χ0) is 16.8. The lowest BCUT2D eigenvalue weighted by Crippen LogP contribution is -2.54. The van der Waals surface area contributed by atoms with Crippen LogP contribution in [0.4, 0.5) is 5.69 Å². The van der Waals surface area contributed by atoms with Crippen LogP contribution in [-0.4, -0.2) is 35.9 Å². The lowest BCUT2D eigenvalue weighted by molar-refractivity contribution is -0.124. The van der Waals surface area contributed by atoms with E-state index < -0.39 is 5.54 Å². The summed E-state index contributed by atoms with van der Waals surface area (Å²) in [5.74, 6) is 1.34. The number of para-hydroxylation sites is 1. The fourth-order valence-corrected chi connectivity index (χ4v) is 3.49. The van der Waals surface area contributed by atoms with Gasteiger partial charge in [0.1, 0.15) is 5.76 Å². The van der Waals surface area contributed by atoms with Crippen LogP contribution in [0.25, 0.3) is 0 Å². The summed E-state index contributed by atoms with van der Waals surface area (Å²) in [6, 6.07) is 14.0. The van der Waals surface area contributed by atoms with Crippen molar-refractivity contribution in [1.82, 2.24) is 4.90 Å². The maximum atomic E-state index is 12.6. The molecule has 0 radical (unpaired) electrons. The lowest BCUT2D eigenvalue weighted by Gasteiger charge is -2.42. The molecule has 1 saturated heterocycles. The molecular weight excluding hydrogens is 300 g/mol. The van der Waals surface area contributed by atoms with E-state index >= 15 is 0 Å². The Morgan fingerprint density at radius 3 is 2.54 bits per heavy atom. The van der Waals surface area contributed by atoms with E-state index in [4.69, 9.17) is 4.42 Å². The minimum atomic E-state index is -0.419. The summed E-state index contributed by atoms with van der Waals surface area (Å²) in [5, 5.41) is 3.54. The monoisotopic (exact) mass is 326 g/mol. The van der Waals surface area contributed by atoms with Crippen LogP contribution in [0.1, 0.15) is 31.9 Å². The molecule has 3 rings (SSSR count). The molecule has 0 unspecified atom stereocenters. The van der Waals surface area contributed by atoms with E-state index in [1.807, 2.05) is 49.4 Å². The number of Topliss-reactive ketones (excluding diaryl/α,β-unsaturated/α-hetero) is 1. The van der Waals surface area contributed by atoms with E-state index in [-0.39, 0.29) is 0 Å². The first-order valence-electron chi connectivity index (χ1n) is 8.83. The van der Waals surface area contributed by atoms with Crippen LogP contribution in [0.15, 0.2) is 53.1 Å². The number of nitrogens with one attached hydrogen (secondary N) is 1. The number of rotatable bonds is 7. The highest BCUT2D eigenvalue weighted by Crippen LogP contribution is 2.29. The van der Waals surface area contributed by atoms with E-state index in [0.29, 0.717) is 12.2 Å². The van der Waals surface area contributed by atoms with Crippen molar-refractivity contribution >= 4 is 11.5 Å². The molecule has 0 aliphatic carbocycles. The number of benzene rings is 1. The Hall–Kier alpha value is -2.07. The standard InChI is InChI=1S/C20H26N2O2/c1-2-19(23)20(21-17-7-4-3-5-8-17)11-14-22(15-12-20)13-10-18-9-6-16-24-18/h3-9,16,21H,2,10-15H2,1H3. The van der Waals surface area contributed by atoms with Gasteiger partial charge >= 0.3 is 0 Å². The van der Waals surface area contributed by atoms with Crippen LogP contribution < -0.4 is 5.32 Å². The normalized spacial score (nSPS) is 17.5. The van der Waals surface area contributed by atoms with Crippen molar-refractivity contribution in [3.63, 3.8) is 0 Å². The number of hydrogen-bond donors (Lipinski definition) is 1. The zero-order valence-corrected chi connectivity index (χ0v) is 14.3. The van der Waals surface area contributed by atoms with E-state index in [1.54, 1.807) is 6.26 Å². The van der Waals surface area contributed by atoms with Gasteiger partial charge in [0.25, 0.3) is 0 Å². The summed E-state index contributed by atoms with van der Waals surface area (Å²) in [6.07, 6.45) is 4.93. The minimum Gasteiger partial charge on any atom is -0.469 e. The first-order chi connectivity index (χ1) is 11.7. The molecule has 4 heteroatoms. The second-order valence-corrected chi connectivity index (χ2v) is 6.52. The van der Waals surface area contributed by atoms with E-state index in [2.05, 4.69) is 10.2 Å². The smallest absolute Gasteiger partial charge is 0.157 e. The Kier molecular flexibility index (Phi) is 5.36. The maximum absolute atomic E-state index is 12.6. The van der Waals surface area contributed by atoms with Crippen molar-refractivity contribution in [2.45, 2.75) is 38.1 Å².